The number of nitrogens with zero attached hydrogens (tertiary/aromatic N) is 1. The summed E-state index contributed by atoms with van der Waals surface area (Å²) in [6.45, 7) is 0.404. The Labute approximate surface area is 172 Å². The number of fused-ring (bicyclic) bond motifs is 1. The number of methoxy groups -OCH3 is 1. The molecule has 6 nitrogen and oxygen atoms in total. The minimum atomic E-state index is -0.879. The lowest BCUT2D eigenvalue weighted by Crippen LogP contribution is -2.27. The lowest BCUT2D eigenvalue weighted by Gasteiger charge is -2.26. The first-order chi connectivity index (χ1) is 14.6. The Morgan fingerprint density at radius 2 is 1.77 bits per heavy atom. The summed E-state index contributed by atoms with van der Waals surface area (Å²) in [5, 5.41) is 0. The molecule has 2 N–H and O–H groups in total. The molecule has 0 spiro atoms. The van der Waals surface area contributed by atoms with Gasteiger partial charge in [-0.2, -0.15) is 0 Å². The number of amidine groups is 1. The lowest BCUT2D eigenvalue weighted by atomic mass is 9.83. The van der Waals surface area contributed by atoms with Crippen molar-refractivity contribution in [2.75, 3.05) is 20.5 Å². The Bertz CT molecular complexity index is 1160. The number of hydrogen-bond donors (Lipinski definition) is 1. The molecule has 2 heterocycles. The van der Waals surface area contributed by atoms with Gasteiger partial charge in [-0.25, -0.2) is 9.38 Å². The van der Waals surface area contributed by atoms with E-state index in [9.17, 15) is 4.39 Å². The smallest absolute Gasteiger partial charge is 0.283 e. The van der Waals surface area contributed by atoms with Crippen LogP contribution in [0.3, 0.4) is 0 Å². The van der Waals surface area contributed by atoms with Crippen LogP contribution < -0.4 is 19.9 Å². The molecule has 1 unspecified atom stereocenters. The van der Waals surface area contributed by atoms with Gasteiger partial charge in [-0.3, -0.25) is 0 Å². The van der Waals surface area contributed by atoms with Gasteiger partial charge >= 0.3 is 0 Å². The maximum absolute atomic E-state index is 14.9. The second-order valence-electron chi connectivity index (χ2n) is 7.07. The molecule has 1 atom stereocenters. The van der Waals surface area contributed by atoms with Crippen molar-refractivity contribution >= 4 is 6.02 Å². The SMILES string of the molecule is COc1cccc(-c2cccc(C3(c4ccc5c(c4)OCO5)COC(N)=N3)c2)c1F. The van der Waals surface area contributed by atoms with E-state index in [1.165, 1.54) is 7.11 Å². The number of ether oxygens (including phenoxy) is 4. The monoisotopic (exact) mass is 406 g/mol. The van der Waals surface area contributed by atoms with Gasteiger partial charge in [0.1, 0.15) is 6.61 Å². The van der Waals surface area contributed by atoms with Gasteiger partial charge in [0.2, 0.25) is 6.79 Å². The summed E-state index contributed by atoms with van der Waals surface area (Å²) in [5.41, 5.74) is 7.83. The first-order valence-corrected chi connectivity index (χ1v) is 9.42. The highest BCUT2D eigenvalue weighted by Crippen LogP contribution is 2.43. The Kier molecular flexibility index (Phi) is 4.24. The Hall–Kier alpha value is -3.74. The third-order valence-electron chi connectivity index (χ3n) is 5.41. The van der Waals surface area contributed by atoms with Gasteiger partial charge in [-0.05, 0) is 41.0 Å². The molecule has 0 bridgehead atoms. The van der Waals surface area contributed by atoms with Crippen LogP contribution in [0.1, 0.15) is 11.1 Å². The summed E-state index contributed by atoms with van der Waals surface area (Å²) < 4.78 is 36.5. The Balaban J connectivity index is 1.65. The van der Waals surface area contributed by atoms with Gasteiger partial charge in [0.25, 0.3) is 6.02 Å². The molecule has 3 aromatic rings. The third-order valence-corrected chi connectivity index (χ3v) is 5.41. The molecule has 0 saturated carbocycles. The quantitative estimate of drug-likeness (QED) is 0.713. The average molecular weight is 406 g/mol. The molecule has 2 aliphatic heterocycles. The first kappa shape index (κ1) is 18.3. The number of halogens is 1. The van der Waals surface area contributed by atoms with E-state index in [1.807, 2.05) is 42.5 Å². The van der Waals surface area contributed by atoms with Crippen LogP contribution in [0.4, 0.5) is 4.39 Å². The molecule has 5 rings (SSSR count). The number of hydrogen-bond acceptors (Lipinski definition) is 6. The summed E-state index contributed by atoms with van der Waals surface area (Å²) in [7, 11) is 1.45. The summed E-state index contributed by atoms with van der Waals surface area (Å²) in [4.78, 5) is 4.63. The normalized spacial score (nSPS) is 19.3. The van der Waals surface area contributed by atoms with Crippen LogP contribution >= 0.6 is 0 Å². The van der Waals surface area contributed by atoms with Crippen LogP contribution in [0.25, 0.3) is 11.1 Å². The van der Waals surface area contributed by atoms with E-state index in [0.29, 0.717) is 22.6 Å². The van der Waals surface area contributed by atoms with Crippen molar-refractivity contribution in [3.63, 3.8) is 0 Å². The van der Waals surface area contributed by atoms with E-state index in [4.69, 9.17) is 24.7 Å². The second-order valence-corrected chi connectivity index (χ2v) is 7.07. The van der Waals surface area contributed by atoms with Crippen molar-refractivity contribution in [3.05, 3.63) is 77.6 Å². The summed E-state index contributed by atoms with van der Waals surface area (Å²) in [6, 6.07) is 18.3. The van der Waals surface area contributed by atoms with Crippen LogP contribution in [0.2, 0.25) is 0 Å². The molecule has 0 saturated heterocycles. The van der Waals surface area contributed by atoms with E-state index in [-0.39, 0.29) is 25.2 Å². The van der Waals surface area contributed by atoms with E-state index in [0.717, 1.165) is 11.1 Å². The van der Waals surface area contributed by atoms with Crippen molar-refractivity contribution in [2.45, 2.75) is 5.54 Å². The van der Waals surface area contributed by atoms with Gasteiger partial charge in [0.15, 0.2) is 28.6 Å². The maximum Gasteiger partial charge on any atom is 0.283 e. The average Bonchev–Trinajstić information content (AvgIpc) is 3.40. The molecule has 152 valence electrons. The molecular weight excluding hydrogens is 387 g/mol. The maximum atomic E-state index is 14.9. The molecule has 7 heteroatoms. The van der Waals surface area contributed by atoms with E-state index in [1.54, 1.807) is 18.2 Å². The molecule has 0 amide bonds. The molecule has 2 aliphatic rings. The summed E-state index contributed by atoms with van der Waals surface area (Å²) in [5.74, 6) is 1.09. The van der Waals surface area contributed by atoms with Gasteiger partial charge in [0, 0.05) is 5.56 Å². The van der Waals surface area contributed by atoms with Gasteiger partial charge in [-0.1, -0.05) is 36.4 Å². The highest BCUT2D eigenvalue weighted by molar-refractivity contribution is 5.76. The minimum Gasteiger partial charge on any atom is -0.494 e. The molecule has 0 aromatic heterocycles. The van der Waals surface area contributed by atoms with Crippen LogP contribution in [0.15, 0.2) is 65.7 Å². The van der Waals surface area contributed by atoms with Gasteiger partial charge < -0.3 is 24.7 Å². The van der Waals surface area contributed by atoms with Gasteiger partial charge in [-0.15, -0.1) is 0 Å². The van der Waals surface area contributed by atoms with E-state index < -0.39 is 11.4 Å². The van der Waals surface area contributed by atoms with Crippen molar-refractivity contribution < 1.29 is 23.3 Å². The summed E-state index contributed by atoms with van der Waals surface area (Å²) >= 11 is 0. The molecule has 3 aromatic carbocycles. The standard InChI is InChI=1S/C23H19FN2O4/c1-27-19-7-3-6-17(21(19)24)14-4-2-5-15(10-14)23(12-28-22(25)26-23)16-8-9-18-20(11-16)30-13-29-18/h2-11H,12-13H2,1H3,(H2,25,26). The van der Waals surface area contributed by atoms with Crippen LogP contribution in [-0.2, 0) is 10.3 Å². The minimum absolute atomic E-state index is 0.102. The topological polar surface area (TPSA) is 75.3 Å². The predicted molar refractivity (Wildman–Crippen MR) is 109 cm³/mol. The van der Waals surface area contributed by atoms with Crippen molar-refractivity contribution in [1.82, 2.24) is 0 Å². The molecule has 0 aliphatic carbocycles. The molecule has 0 fully saturated rings. The largest absolute Gasteiger partial charge is 0.494 e. The highest BCUT2D eigenvalue weighted by Gasteiger charge is 2.41. The van der Waals surface area contributed by atoms with Crippen LogP contribution in [0, 0.1) is 5.82 Å². The van der Waals surface area contributed by atoms with Crippen molar-refractivity contribution in [1.29, 1.82) is 0 Å². The Morgan fingerprint density at radius 3 is 2.57 bits per heavy atom. The number of benzene rings is 3. The second kappa shape index (κ2) is 6.95. The Morgan fingerprint density at radius 1 is 0.967 bits per heavy atom. The van der Waals surface area contributed by atoms with E-state index >= 15 is 0 Å². The number of aliphatic imine (C=N–C) groups is 1. The van der Waals surface area contributed by atoms with Crippen LogP contribution in [0.5, 0.6) is 17.2 Å². The highest BCUT2D eigenvalue weighted by atomic mass is 19.1. The molecule has 30 heavy (non-hydrogen) atoms. The predicted octanol–water partition coefficient (Wildman–Crippen LogP) is 3.82. The van der Waals surface area contributed by atoms with Gasteiger partial charge in [0.05, 0.1) is 7.11 Å². The fourth-order valence-corrected chi connectivity index (χ4v) is 3.88. The van der Waals surface area contributed by atoms with Crippen LogP contribution in [-0.4, -0.2) is 26.5 Å². The van der Waals surface area contributed by atoms with E-state index in [2.05, 4.69) is 4.99 Å². The van der Waals surface area contributed by atoms with Crippen molar-refractivity contribution in [2.24, 2.45) is 10.7 Å². The zero-order chi connectivity index (χ0) is 20.7. The molecule has 0 radical (unpaired) electrons. The fraction of sp³-hybridized carbons (Fsp3) is 0.174. The number of rotatable bonds is 4. The fourth-order valence-electron chi connectivity index (χ4n) is 3.88. The zero-order valence-corrected chi connectivity index (χ0v) is 16.2. The number of nitrogens with two attached hydrogens (primary N) is 1. The first-order valence-electron chi connectivity index (χ1n) is 9.42. The third kappa shape index (κ3) is 2.82. The zero-order valence-electron chi connectivity index (χ0n) is 16.2. The lowest BCUT2D eigenvalue weighted by molar-refractivity contribution is 0.174. The summed E-state index contributed by atoms with van der Waals surface area (Å²) in [6.07, 6.45) is 0. The molecular formula is C23H19FN2O4. The van der Waals surface area contributed by atoms with Crippen molar-refractivity contribution in [3.8, 4) is 28.4 Å².